The van der Waals surface area contributed by atoms with Gasteiger partial charge in [-0.15, -0.1) is 6.42 Å². The van der Waals surface area contributed by atoms with Gasteiger partial charge in [0.2, 0.25) is 0 Å². The van der Waals surface area contributed by atoms with E-state index in [0.29, 0.717) is 12.6 Å². The number of benzene rings is 2. The number of ether oxygens (including phenoxy) is 1. The van der Waals surface area contributed by atoms with Crippen molar-refractivity contribution in [2.45, 2.75) is 70.8 Å². The third kappa shape index (κ3) is 7.02. The summed E-state index contributed by atoms with van der Waals surface area (Å²) in [4.78, 5) is 7.15. The Hall–Kier alpha value is -3.03. The van der Waals surface area contributed by atoms with Gasteiger partial charge in [-0.1, -0.05) is 49.1 Å². The molecule has 0 aliphatic heterocycles. The number of aromatic nitrogens is 1. The number of hydrogen-bond acceptors (Lipinski definition) is 4. The number of nitrogens with one attached hydrogen (secondary N) is 1. The number of unbranched alkanes of at least 4 members (excludes halogenated alkanes) is 3. The Morgan fingerprint density at radius 3 is 2.64 bits per heavy atom. The zero-order valence-electron chi connectivity index (χ0n) is 22.1. The molecule has 1 heterocycles. The number of anilines is 1. The van der Waals surface area contributed by atoms with Crippen molar-refractivity contribution in [2.24, 2.45) is 0 Å². The highest BCUT2D eigenvalue weighted by atomic mass is 16.5. The fourth-order valence-electron chi connectivity index (χ4n) is 5.08. The second-order valence-electron chi connectivity index (χ2n) is 10.1. The van der Waals surface area contributed by atoms with Crippen LogP contribution in [0.5, 0.6) is 5.75 Å². The van der Waals surface area contributed by atoms with E-state index < -0.39 is 0 Å². The van der Waals surface area contributed by atoms with Crippen LogP contribution in [0.1, 0.15) is 62.3 Å². The Balaban J connectivity index is 1.15. The van der Waals surface area contributed by atoms with Gasteiger partial charge in [-0.25, -0.2) is 0 Å². The Kier molecular flexibility index (Phi) is 9.64. The lowest BCUT2D eigenvalue weighted by molar-refractivity contribution is 0.286. The molecule has 4 nitrogen and oxygen atoms in total. The summed E-state index contributed by atoms with van der Waals surface area (Å²) in [5.74, 6) is 3.67. The average Bonchev–Trinajstić information content (AvgIpc) is 2.90. The van der Waals surface area contributed by atoms with Crippen LogP contribution in [0.25, 0.3) is 10.9 Å². The summed E-state index contributed by atoms with van der Waals surface area (Å²) in [5.41, 5.74) is 6.52. The van der Waals surface area contributed by atoms with Gasteiger partial charge in [0, 0.05) is 29.4 Å². The van der Waals surface area contributed by atoms with Crippen LogP contribution in [-0.4, -0.2) is 42.7 Å². The lowest BCUT2D eigenvalue weighted by atomic mass is 9.92. The van der Waals surface area contributed by atoms with Crippen LogP contribution in [0.2, 0.25) is 0 Å². The number of likely N-dealkylation sites (N-methyl/N-ethyl adjacent to an activating group) is 1. The molecule has 1 aliphatic carbocycles. The van der Waals surface area contributed by atoms with Crippen molar-refractivity contribution in [1.29, 1.82) is 0 Å². The molecule has 1 atom stereocenters. The minimum atomic E-state index is 0.421. The number of rotatable bonds is 13. The predicted octanol–water partition coefficient (Wildman–Crippen LogP) is 6.66. The van der Waals surface area contributed by atoms with Gasteiger partial charge in [-0.2, -0.15) is 0 Å². The lowest BCUT2D eigenvalue weighted by Crippen LogP contribution is -2.31. The van der Waals surface area contributed by atoms with Gasteiger partial charge >= 0.3 is 0 Å². The van der Waals surface area contributed by atoms with Gasteiger partial charge in [0.05, 0.1) is 18.7 Å². The molecule has 0 saturated carbocycles. The molecule has 0 radical (unpaired) electrons. The van der Waals surface area contributed by atoms with Crippen LogP contribution in [0.15, 0.2) is 48.5 Å². The molecular formula is C32H41N3O. The summed E-state index contributed by atoms with van der Waals surface area (Å²) in [6.07, 6.45) is 15.9. The minimum Gasteiger partial charge on any atom is -0.494 e. The van der Waals surface area contributed by atoms with Crippen molar-refractivity contribution in [3.05, 3.63) is 65.4 Å². The fourth-order valence-corrected chi connectivity index (χ4v) is 5.08. The molecule has 1 N–H and O–H groups in total. The van der Waals surface area contributed by atoms with E-state index in [1.54, 1.807) is 0 Å². The topological polar surface area (TPSA) is 37.4 Å². The number of terminal acetylenes is 1. The molecule has 36 heavy (non-hydrogen) atoms. The second kappa shape index (κ2) is 13.3. The monoisotopic (exact) mass is 483 g/mol. The van der Waals surface area contributed by atoms with Crippen molar-refractivity contribution < 1.29 is 4.74 Å². The highest BCUT2D eigenvalue weighted by Crippen LogP contribution is 2.33. The zero-order valence-corrected chi connectivity index (χ0v) is 22.1. The van der Waals surface area contributed by atoms with E-state index in [9.17, 15) is 0 Å². The van der Waals surface area contributed by atoms with E-state index in [-0.39, 0.29) is 0 Å². The summed E-state index contributed by atoms with van der Waals surface area (Å²) < 4.78 is 5.98. The van der Waals surface area contributed by atoms with Crippen molar-refractivity contribution in [3.8, 4) is 18.1 Å². The maximum Gasteiger partial charge on any atom is 0.119 e. The Morgan fingerprint density at radius 1 is 1.03 bits per heavy atom. The van der Waals surface area contributed by atoms with Crippen molar-refractivity contribution in [2.75, 3.05) is 32.1 Å². The lowest BCUT2D eigenvalue weighted by Gasteiger charge is -2.22. The molecule has 1 aliphatic rings. The number of pyridine rings is 1. The molecule has 4 heteroatoms. The maximum absolute atomic E-state index is 5.98. The Bertz CT molecular complexity index is 1150. The summed E-state index contributed by atoms with van der Waals surface area (Å²) >= 11 is 0. The minimum absolute atomic E-state index is 0.421. The van der Waals surface area contributed by atoms with E-state index in [1.165, 1.54) is 60.0 Å². The first-order valence-electron chi connectivity index (χ1n) is 13.7. The van der Waals surface area contributed by atoms with E-state index in [2.05, 4.69) is 78.6 Å². The van der Waals surface area contributed by atoms with Gasteiger partial charge < -0.3 is 10.1 Å². The van der Waals surface area contributed by atoms with Gasteiger partial charge in [-0.3, -0.25) is 9.88 Å². The quantitative estimate of drug-likeness (QED) is 0.218. The standard InChI is InChI=1S/C32H41N3O/c1-4-22-35(3)25(2)24-26-17-19-27(20-18-26)36-23-12-6-5-11-21-33-32-28-13-7-9-15-30(28)34-31-16-10-8-14-29(31)32/h1,7,9,13,15,17-20,25H,5-6,8,10-12,14,16,21-24H2,2-3H3,(H,33,34)/t25-/m1/s1. The van der Waals surface area contributed by atoms with E-state index in [4.69, 9.17) is 16.1 Å². The van der Waals surface area contributed by atoms with Crippen LogP contribution in [0, 0.1) is 12.3 Å². The van der Waals surface area contributed by atoms with Crippen molar-refractivity contribution in [3.63, 3.8) is 0 Å². The molecule has 0 spiro atoms. The third-order valence-electron chi connectivity index (χ3n) is 7.36. The zero-order chi connectivity index (χ0) is 25.2. The van der Waals surface area contributed by atoms with Crippen LogP contribution in [0.4, 0.5) is 5.69 Å². The van der Waals surface area contributed by atoms with E-state index in [1.807, 2.05) is 0 Å². The number of aryl methyl sites for hydroxylation is 1. The first-order valence-corrected chi connectivity index (χ1v) is 13.7. The fraction of sp³-hybridized carbons (Fsp3) is 0.469. The smallest absolute Gasteiger partial charge is 0.119 e. The molecule has 0 unspecified atom stereocenters. The van der Waals surface area contributed by atoms with Gasteiger partial charge in [-0.05, 0) is 88.2 Å². The molecule has 0 saturated heterocycles. The first-order chi connectivity index (χ1) is 17.7. The molecule has 190 valence electrons. The molecule has 1 aromatic heterocycles. The highest BCUT2D eigenvalue weighted by molar-refractivity contribution is 5.93. The second-order valence-corrected chi connectivity index (χ2v) is 10.1. The molecule has 0 fully saturated rings. The number of fused-ring (bicyclic) bond motifs is 2. The van der Waals surface area contributed by atoms with Gasteiger partial charge in [0.1, 0.15) is 5.75 Å². The van der Waals surface area contributed by atoms with Crippen molar-refractivity contribution >= 4 is 16.6 Å². The van der Waals surface area contributed by atoms with Gasteiger partial charge in [0.15, 0.2) is 0 Å². The Labute approximate surface area is 217 Å². The number of nitrogens with zero attached hydrogens (tertiary/aromatic N) is 2. The molecule has 2 aromatic carbocycles. The largest absolute Gasteiger partial charge is 0.494 e. The van der Waals surface area contributed by atoms with Crippen LogP contribution in [-0.2, 0) is 19.3 Å². The summed E-state index contributed by atoms with van der Waals surface area (Å²) in [6, 6.07) is 17.5. The normalized spacial score (nSPS) is 13.8. The van der Waals surface area contributed by atoms with Gasteiger partial charge in [0.25, 0.3) is 0 Å². The maximum atomic E-state index is 5.98. The predicted molar refractivity (Wildman–Crippen MR) is 152 cm³/mol. The number of hydrogen-bond donors (Lipinski definition) is 1. The van der Waals surface area contributed by atoms with E-state index in [0.717, 1.165) is 50.1 Å². The molecule has 3 aromatic rings. The molecule has 0 amide bonds. The third-order valence-corrected chi connectivity index (χ3v) is 7.36. The Morgan fingerprint density at radius 2 is 1.81 bits per heavy atom. The molecule has 4 rings (SSSR count). The molecule has 0 bridgehead atoms. The average molecular weight is 484 g/mol. The highest BCUT2D eigenvalue weighted by Gasteiger charge is 2.17. The van der Waals surface area contributed by atoms with Crippen LogP contribution < -0.4 is 10.1 Å². The van der Waals surface area contributed by atoms with Crippen molar-refractivity contribution in [1.82, 2.24) is 9.88 Å². The number of para-hydroxylation sites is 1. The molecular weight excluding hydrogens is 442 g/mol. The summed E-state index contributed by atoms with van der Waals surface area (Å²) in [7, 11) is 2.08. The van der Waals surface area contributed by atoms with Crippen LogP contribution in [0.3, 0.4) is 0 Å². The van der Waals surface area contributed by atoms with E-state index >= 15 is 0 Å². The van der Waals surface area contributed by atoms with Crippen LogP contribution >= 0.6 is 0 Å². The summed E-state index contributed by atoms with van der Waals surface area (Å²) in [5, 5.41) is 5.05. The first kappa shape index (κ1) is 26.0. The summed E-state index contributed by atoms with van der Waals surface area (Å²) in [6.45, 7) is 4.68. The SMILES string of the molecule is C#CCN(C)[C@H](C)Cc1ccc(OCCCCCCNc2c3c(nc4ccccc24)CCCC3)cc1.